The third-order valence-corrected chi connectivity index (χ3v) is 3.88. The van der Waals surface area contributed by atoms with Crippen LogP contribution in [0, 0.1) is 0 Å². The van der Waals surface area contributed by atoms with E-state index in [2.05, 4.69) is 38.3 Å². The van der Waals surface area contributed by atoms with Crippen LogP contribution in [-0.4, -0.2) is 14.8 Å². The standard InChI is InChI=1S/C15H16BrN5/c1-9(10-7-18-21(2)8-10)19-14-6-15(17)20-13-5-11(16)3-4-12(13)14/h3-9H,1-2H3,(H3,17,19,20). The molecule has 0 aliphatic carbocycles. The first kappa shape index (κ1) is 13.9. The van der Waals surface area contributed by atoms with E-state index in [0.29, 0.717) is 5.82 Å². The Balaban J connectivity index is 2.00. The van der Waals surface area contributed by atoms with Gasteiger partial charge in [-0.15, -0.1) is 0 Å². The number of nitrogens with zero attached hydrogens (tertiary/aromatic N) is 3. The lowest BCUT2D eigenvalue weighted by Gasteiger charge is -2.16. The summed E-state index contributed by atoms with van der Waals surface area (Å²) in [6.07, 6.45) is 3.86. The Hall–Kier alpha value is -2.08. The summed E-state index contributed by atoms with van der Waals surface area (Å²) in [5, 5.41) is 8.73. The summed E-state index contributed by atoms with van der Waals surface area (Å²) in [5.74, 6) is 0.501. The molecule has 0 aliphatic rings. The Labute approximate surface area is 131 Å². The molecule has 3 rings (SSSR count). The lowest BCUT2D eigenvalue weighted by atomic mass is 10.1. The molecule has 6 heteroatoms. The molecule has 3 N–H and O–H groups in total. The molecule has 3 aromatic rings. The number of halogens is 1. The molecule has 108 valence electrons. The SMILES string of the molecule is CC(Nc1cc(N)nc2cc(Br)ccc12)c1cnn(C)c1. The molecule has 2 aromatic heterocycles. The minimum absolute atomic E-state index is 0.132. The maximum atomic E-state index is 5.91. The highest BCUT2D eigenvalue weighted by molar-refractivity contribution is 9.10. The van der Waals surface area contributed by atoms with Crippen molar-refractivity contribution in [1.82, 2.24) is 14.8 Å². The van der Waals surface area contributed by atoms with Crippen molar-refractivity contribution >= 4 is 38.3 Å². The Kier molecular flexibility index (Phi) is 3.55. The molecule has 0 saturated heterocycles. The van der Waals surface area contributed by atoms with Gasteiger partial charge in [0, 0.05) is 40.4 Å². The lowest BCUT2D eigenvalue weighted by molar-refractivity contribution is 0.765. The zero-order valence-corrected chi connectivity index (χ0v) is 13.4. The molecule has 0 amide bonds. The van der Waals surface area contributed by atoms with Gasteiger partial charge in [0.25, 0.3) is 0 Å². The minimum atomic E-state index is 0.132. The zero-order valence-electron chi connectivity index (χ0n) is 11.8. The van der Waals surface area contributed by atoms with Gasteiger partial charge in [-0.3, -0.25) is 4.68 Å². The van der Waals surface area contributed by atoms with Gasteiger partial charge in [-0.25, -0.2) is 4.98 Å². The largest absolute Gasteiger partial charge is 0.384 e. The Morgan fingerprint density at radius 3 is 2.86 bits per heavy atom. The first-order chi connectivity index (χ1) is 10.0. The van der Waals surface area contributed by atoms with Gasteiger partial charge in [0.05, 0.1) is 17.8 Å². The number of aromatic nitrogens is 3. The number of benzene rings is 1. The van der Waals surface area contributed by atoms with E-state index < -0.39 is 0 Å². The van der Waals surface area contributed by atoms with Crippen LogP contribution in [0.2, 0.25) is 0 Å². The monoisotopic (exact) mass is 345 g/mol. The normalized spacial score (nSPS) is 12.5. The maximum Gasteiger partial charge on any atom is 0.126 e. The van der Waals surface area contributed by atoms with Gasteiger partial charge in [0.1, 0.15) is 5.82 Å². The molecule has 1 unspecified atom stereocenters. The number of nitrogens with one attached hydrogen (secondary N) is 1. The highest BCUT2D eigenvalue weighted by atomic mass is 79.9. The van der Waals surface area contributed by atoms with Crippen LogP contribution in [0.3, 0.4) is 0 Å². The highest BCUT2D eigenvalue weighted by Gasteiger charge is 2.11. The van der Waals surface area contributed by atoms with Gasteiger partial charge in [-0.05, 0) is 25.1 Å². The van der Waals surface area contributed by atoms with Gasteiger partial charge < -0.3 is 11.1 Å². The molecule has 0 fully saturated rings. The van der Waals surface area contributed by atoms with Crippen molar-refractivity contribution in [2.75, 3.05) is 11.1 Å². The summed E-state index contributed by atoms with van der Waals surface area (Å²) in [6.45, 7) is 2.10. The third kappa shape index (κ3) is 2.85. The third-order valence-electron chi connectivity index (χ3n) is 3.39. The summed E-state index contributed by atoms with van der Waals surface area (Å²) in [4.78, 5) is 4.37. The highest BCUT2D eigenvalue weighted by Crippen LogP contribution is 2.29. The molecule has 0 aliphatic heterocycles. The number of hydrogen-bond acceptors (Lipinski definition) is 4. The first-order valence-corrected chi connectivity index (χ1v) is 7.43. The Morgan fingerprint density at radius 1 is 1.33 bits per heavy atom. The van der Waals surface area contributed by atoms with Crippen LogP contribution in [0.15, 0.2) is 41.1 Å². The van der Waals surface area contributed by atoms with E-state index in [1.54, 1.807) is 4.68 Å². The van der Waals surface area contributed by atoms with E-state index in [9.17, 15) is 0 Å². The number of anilines is 2. The van der Waals surface area contributed by atoms with Crippen molar-refractivity contribution in [2.24, 2.45) is 7.05 Å². The average Bonchev–Trinajstić information content (AvgIpc) is 2.84. The number of hydrogen-bond donors (Lipinski definition) is 2. The van der Waals surface area contributed by atoms with Crippen LogP contribution in [0.4, 0.5) is 11.5 Å². The van der Waals surface area contributed by atoms with Crippen LogP contribution < -0.4 is 11.1 Å². The fourth-order valence-electron chi connectivity index (χ4n) is 2.32. The van der Waals surface area contributed by atoms with E-state index >= 15 is 0 Å². The number of nitrogens with two attached hydrogens (primary N) is 1. The van der Waals surface area contributed by atoms with E-state index in [0.717, 1.165) is 26.6 Å². The fourth-order valence-corrected chi connectivity index (χ4v) is 2.67. The molecular formula is C15H16BrN5. The van der Waals surface area contributed by atoms with Gasteiger partial charge in [0.2, 0.25) is 0 Å². The number of fused-ring (bicyclic) bond motifs is 1. The molecule has 1 aromatic carbocycles. The van der Waals surface area contributed by atoms with Gasteiger partial charge in [0.15, 0.2) is 0 Å². The van der Waals surface area contributed by atoms with Crippen molar-refractivity contribution in [2.45, 2.75) is 13.0 Å². The van der Waals surface area contributed by atoms with Crippen molar-refractivity contribution in [3.05, 3.63) is 46.7 Å². The van der Waals surface area contributed by atoms with Crippen molar-refractivity contribution < 1.29 is 0 Å². The lowest BCUT2D eigenvalue weighted by Crippen LogP contribution is -2.07. The summed E-state index contributed by atoms with van der Waals surface area (Å²) < 4.78 is 2.78. The maximum absolute atomic E-state index is 5.91. The van der Waals surface area contributed by atoms with Crippen LogP contribution in [0.5, 0.6) is 0 Å². The Bertz CT molecular complexity index is 791. The molecule has 0 bridgehead atoms. The summed E-state index contributed by atoms with van der Waals surface area (Å²) in [5.41, 5.74) is 8.87. The smallest absolute Gasteiger partial charge is 0.126 e. The van der Waals surface area contributed by atoms with E-state index in [1.165, 1.54) is 0 Å². The predicted molar refractivity (Wildman–Crippen MR) is 89.1 cm³/mol. The van der Waals surface area contributed by atoms with Gasteiger partial charge >= 0.3 is 0 Å². The molecule has 0 spiro atoms. The fraction of sp³-hybridized carbons (Fsp3) is 0.200. The van der Waals surface area contributed by atoms with Crippen molar-refractivity contribution in [1.29, 1.82) is 0 Å². The predicted octanol–water partition coefficient (Wildman–Crippen LogP) is 3.49. The molecule has 2 heterocycles. The second kappa shape index (κ2) is 5.37. The van der Waals surface area contributed by atoms with Crippen molar-refractivity contribution in [3.8, 4) is 0 Å². The summed E-state index contributed by atoms with van der Waals surface area (Å²) in [7, 11) is 1.91. The summed E-state index contributed by atoms with van der Waals surface area (Å²) >= 11 is 3.46. The van der Waals surface area contributed by atoms with E-state index in [4.69, 9.17) is 5.73 Å². The van der Waals surface area contributed by atoms with Crippen LogP contribution >= 0.6 is 15.9 Å². The minimum Gasteiger partial charge on any atom is -0.384 e. The second-order valence-electron chi connectivity index (χ2n) is 5.07. The molecule has 0 radical (unpaired) electrons. The molecule has 21 heavy (non-hydrogen) atoms. The van der Waals surface area contributed by atoms with E-state index in [-0.39, 0.29) is 6.04 Å². The number of rotatable bonds is 3. The topological polar surface area (TPSA) is 68.8 Å². The number of pyridine rings is 1. The van der Waals surface area contributed by atoms with Gasteiger partial charge in [-0.1, -0.05) is 15.9 Å². The number of nitrogen functional groups attached to an aromatic ring is 1. The van der Waals surface area contributed by atoms with Crippen molar-refractivity contribution in [3.63, 3.8) is 0 Å². The van der Waals surface area contributed by atoms with Crippen LogP contribution in [-0.2, 0) is 7.05 Å². The summed E-state index contributed by atoms with van der Waals surface area (Å²) in [6, 6.07) is 7.99. The second-order valence-corrected chi connectivity index (χ2v) is 5.99. The van der Waals surface area contributed by atoms with E-state index in [1.807, 2.05) is 43.7 Å². The van der Waals surface area contributed by atoms with Crippen LogP contribution in [0.1, 0.15) is 18.5 Å². The molecule has 1 atom stereocenters. The quantitative estimate of drug-likeness (QED) is 0.762. The van der Waals surface area contributed by atoms with Gasteiger partial charge in [-0.2, -0.15) is 5.10 Å². The Morgan fingerprint density at radius 2 is 2.14 bits per heavy atom. The molecule has 5 nitrogen and oxygen atoms in total. The van der Waals surface area contributed by atoms with Crippen LogP contribution in [0.25, 0.3) is 10.9 Å². The first-order valence-electron chi connectivity index (χ1n) is 6.64. The molecule has 0 saturated carbocycles. The molecular weight excluding hydrogens is 330 g/mol. The number of aryl methyl sites for hydroxylation is 1. The zero-order chi connectivity index (χ0) is 15.0. The average molecular weight is 346 g/mol.